The van der Waals surface area contributed by atoms with Crippen molar-refractivity contribution < 1.29 is 4.79 Å². The number of benzene rings is 1. The molecule has 1 aromatic carbocycles. The second-order valence-corrected chi connectivity index (χ2v) is 7.38. The fourth-order valence-electron chi connectivity index (χ4n) is 3.33. The zero-order valence-corrected chi connectivity index (χ0v) is 14.1. The number of imidazole rings is 1. The minimum Gasteiger partial charge on any atom is -0.334 e. The van der Waals surface area contributed by atoms with E-state index in [1.54, 1.807) is 6.33 Å². The molecule has 1 aromatic heterocycles. The predicted octanol–water partition coefficient (Wildman–Crippen LogP) is 3.16. The maximum atomic E-state index is 13.2. The highest BCUT2D eigenvalue weighted by atomic mass is 79.9. The summed E-state index contributed by atoms with van der Waals surface area (Å²) in [4.78, 5) is 19.5. The molecule has 1 aliphatic heterocycles. The van der Waals surface area contributed by atoms with Crippen molar-refractivity contribution >= 4 is 21.8 Å². The average Bonchev–Trinajstić information content (AvgIpc) is 3.19. The van der Waals surface area contributed by atoms with Crippen LogP contribution in [0.3, 0.4) is 0 Å². The van der Waals surface area contributed by atoms with Crippen molar-refractivity contribution in [2.75, 3.05) is 6.54 Å². The van der Waals surface area contributed by atoms with E-state index in [4.69, 9.17) is 0 Å². The molecule has 1 aliphatic carbocycles. The summed E-state index contributed by atoms with van der Waals surface area (Å²) in [5.41, 5.74) is 1.37. The van der Waals surface area contributed by atoms with Crippen molar-refractivity contribution in [2.45, 2.75) is 31.8 Å². The Labute approximate surface area is 138 Å². The molecular formula is C17H18BrN3O. The van der Waals surface area contributed by atoms with Crippen molar-refractivity contribution in [1.29, 1.82) is 0 Å². The van der Waals surface area contributed by atoms with E-state index in [2.05, 4.69) is 20.9 Å². The van der Waals surface area contributed by atoms with Crippen LogP contribution in [0.15, 0.2) is 41.3 Å². The largest absolute Gasteiger partial charge is 0.334 e. The third kappa shape index (κ3) is 2.10. The van der Waals surface area contributed by atoms with Crippen LogP contribution in [0.2, 0.25) is 0 Å². The lowest BCUT2D eigenvalue weighted by Gasteiger charge is -2.41. The van der Waals surface area contributed by atoms with Crippen molar-refractivity contribution in [3.05, 3.63) is 52.5 Å². The summed E-state index contributed by atoms with van der Waals surface area (Å²) in [6, 6.07) is 8.01. The van der Waals surface area contributed by atoms with Crippen LogP contribution in [-0.2, 0) is 16.9 Å². The van der Waals surface area contributed by atoms with E-state index in [1.807, 2.05) is 46.9 Å². The first-order valence-electron chi connectivity index (χ1n) is 7.66. The van der Waals surface area contributed by atoms with Gasteiger partial charge in [0.25, 0.3) is 5.91 Å². The molecule has 1 fully saturated rings. The monoisotopic (exact) mass is 359 g/mol. The lowest BCUT2D eigenvalue weighted by atomic mass is 9.88. The first kappa shape index (κ1) is 14.0. The van der Waals surface area contributed by atoms with Gasteiger partial charge in [-0.25, -0.2) is 4.98 Å². The molecule has 0 N–H and O–H groups in total. The molecule has 0 radical (unpaired) electrons. The Balaban J connectivity index is 1.83. The summed E-state index contributed by atoms with van der Waals surface area (Å²) in [6.07, 6.45) is 6.15. The lowest BCUT2D eigenvalue weighted by Crippen LogP contribution is -2.54. The van der Waals surface area contributed by atoms with Gasteiger partial charge in [0.1, 0.15) is 5.54 Å². The fraction of sp³-hybridized carbons (Fsp3) is 0.412. The van der Waals surface area contributed by atoms with E-state index >= 15 is 0 Å². The van der Waals surface area contributed by atoms with E-state index in [1.165, 1.54) is 12.8 Å². The molecule has 1 saturated carbocycles. The second-order valence-electron chi connectivity index (χ2n) is 6.47. The smallest absolute Gasteiger partial charge is 0.253 e. The second kappa shape index (κ2) is 4.95. The number of carbonyl (C=O) groups is 1. The van der Waals surface area contributed by atoms with Crippen molar-refractivity contribution in [3.63, 3.8) is 0 Å². The third-order valence-corrected chi connectivity index (χ3v) is 5.31. The highest BCUT2D eigenvalue weighted by Crippen LogP contribution is 2.38. The quantitative estimate of drug-likeness (QED) is 0.843. The number of rotatable bonds is 3. The minimum absolute atomic E-state index is 0.169. The highest BCUT2D eigenvalue weighted by molar-refractivity contribution is 9.10. The zero-order chi connectivity index (χ0) is 15.3. The molecule has 2 aromatic rings. The van der Waals surface area contributed by atoms with Crippen LogP contribution < -0.4 is 0 Å². The predicted molar refractivity (Wildman–Crippen MR) is 87.3 cm³/mol. The molecule has 5 heteroatoms. The minimum atomic E-state index is -0.719. The molecule has 1 atom stereocenters. The maximum Gasteiger partial charge on any atom is 0.253 e. The summed E-state index contributed by atoms with van der Waals surface area (Å²) in [5.74, 6) is 0.855. The summed E-state index contributed by atoms with van der Waals surface area (Å²) in [6.45, 7) is 3.54. The standard InChI is InChI=1S/C17H18BrN3O/c1-17(13-3-2-4-14(18)7-13)16(22)20(9-12-5-6-12)10-15-8-19-11-21(15)17/h2-4,7-8,11-12H,5-6,9-10H2,1H3. The number of fused-ring (bicyclic) bond motifs is 1. The van der Waals surface area contributed by atoms with Crippen molar-refractivity contribution in [1.82, 2.24) is 14.5 Å². The van der Waals surface area contributed by atoms with Crippen LogP contribution in [0.25, 0.3) is 0 Å². The molecule has 2 aliphatic rings. The molecule has 22 heavy (non-hydrogen) atoms. The Morgan fingerprint density at radius 2 is 2.23 bits per heavy atom. The third-order valence-electron chi connectivity index (χ3n) is 4.82. The number of hydrogen-bond donors (Lipinski definition) is 0. The van der Waals surface area contributed by atoms with E-state index in [0.29, 0.717) is 12.5 Å². The van der Waals surface area contributed by atoms with Gasteiger partial charge in [-0.1, -0.05) is 28.1 Å². The Bertz CT molecular complexity index is 737. The van der Waals surface area contributed by atoms with Gasteiger partial charge in [-0.15, -0.1) is 0 Å². The lowest BCUT2D eigenvalue weighted by molar-refractivity contribution is -0.141. The normalized spacial score (nSPS) is 24.5. The number of aromatic nitrogens is 2. The van der Waals surface area contributed by atoms with Gasteiger partial charge >= 0.3 is 0 Å². The maximum absolute atomic E-state index is 13.2. The fourth-order valence-corrected chi connectivity index (χ4v) is 3.73. The van der Waals surface area contributed by atoms with Gasteiger partial charge in [0, 0.05) is 17.2 Å². The number of halogens is 1. The van der Waals surface area contributed by atoms with Gasteiger partial charge in [-0.3, -0.25) is 4.79 Å². The summed E-state index contributed by atoms with van der Waals surface area (Å²) < 4.78 is 3.01. The molecule has 2 heterocycles. The Kier molecular flexibility index (Phi) is 3.15. The highest BCUT2D eigenvalue weighted by Gasteiger charge is 2.45. The van der Waals surface area contributed by atoms with E-state index in [-0.39, 0.29) is 5.91 Å². The van der Waals surface area contributed by atoms with Crippen LogP contribution in [0.5, 0.6) is 0 Å². The number of nitrogens with zero attached hydrogens (tertiary/aromatic N) is 3. The van der Waals surface area contributed by atoms with Crippen LogP contribution in [-0.4, -0.2) is 26.9 Å². The van der Waals surface area contributed by atoms with E-state index in [9.17, 15) is 4.79 Å². The molecule has 114 valence electrons. The average molecular weight is 360 g/mol. The first-order chi connectivity index (χ1) is 10.6. The molecule has 0 bridgehead atoms. The molecule has 1 unspecified atom stereocenters. The van der Waals surface area contributed by atoms with E-state index < -0.39 is 5.54 Å². The van der Waals surface area contributed by atoms with Crippen LogP contribution >= 0.6 is 15.9 Å². The van der Waals surface area contributed by atoms with Gasteiger partial charge in [-0.05, 0) is 43.4 Å². The summed E-state index contributed by atoms with van der Waals surface area (Å²) >= 11 is 3.52. The Morgan fingerprint density at radius 3 is 2.95 bits per heavy atom. The van der Waals surface area contributed by atoms with Gasteiger partial charge in [-0.2, -0.15) is 0 Å². The number of carbonyl (C=O) groups excluding carboxylic acids is 1. The van der Waals surface area contributed by atoms with Crippen molar-refractivity contribution in [3.8, 4) is 0 Å². The molecule has 1 amide bonds. The number of amides is 1. The van der Waals surface area contributed by atoms with Crippen LogP contribution in [0, 0.1) is 5.92 Å². The Hall–Kier alpha value is -1.62. The van der Waals surface area contributed by atoms with Gasteiger partial charge in [0.15, 0.2) is 0 Å². The van der Waals surface area contributed by atoms with E-state index in [0.717, 1.165) is 22.3 Å². The zero-order valence-electron chi connectivity index (χ0n) is 12.5. The van der Waals surface area contributed by atoms with Crippen LogP contribution in [0.1, 0.15) is 31.0 Å². The van der Waals surface area contributed by atoms with Crippen LogP contribution in [0.4, 0.5) is 0 Å². The topological polar surface area (TPSA) is 38.1 Å². The summed E-state index contributed by atoms with van der Waals surface area (Å²) in [5, 5.41) is 0. The number of hydrogen-bond acceptors (Lipinski definition) is 2. The van der Waals surface area contributed by atoms with Crippen molar-refractivity contribution in [2.24, 2.45) is 5.92 Å². The van der Waals surface area contributed by atoms with Gasteiger partial charge in [0.05, 0.1) is 18.6 Å². The molecule has 0 saturated heterocycles. The van der Waals surface area contributed by atoms with Gasteiger partial charge < -0.3 is 9.47 Å². The molecule has 4 rings (SSSR count). The molecule has 4 nitrogen and oxygen atoms in total. The molecule has 0 spiro atoms. The first-order valence-corrected chi connectivity index (χ1v) is 8.45. The summed E-state index contributed by atoms with van der Waals surface area (Å²) in [7, 11) is 0. The Morgan fingerprint density at radius 1 is 1.41 bits per heavy atom. The molecular weight excluding hydrogens is 342 g/mol. The van der Waals surface area contributed by atoms with Gasteiger partial charge in [0.2, 0.25) is 0 Å². The SMILES string of the molecule is CC1(c2cccc(Br)c2)C(=O)N(CC2CC2)Cc2cncn21.